The summed E-state index contributed by atoms with van der Waals surface area (Å²) in [6, 6.07) is 13.2. The highest BCUT2D eigenvalue weighted by atomic mass is 35.5. The van der Waals surface area contributed by atoms with Crippen LogP contribution in [0.5, 0.6) is 5.75 Å². The van der Waals surface area contributed by atoms with Crippen LogP contribution >= 0.6 is 23.2 Å². The zero-order valence-corrected chi connectivity index (χ0v) is 11.4. The van der Waals surface area contributed by atoms with Crippen LogP contribution < -0.4 is 10.1 Å². The molecule has 0 saturated carbocycles. The summed E-state index contributed by atoms with van der Waals surface area (Å²) in [5.74, 6) is 0.841. The van der Waals surface area contributed by atoms with Gasteiger partial charge >= 0.3 is 0 Å². The van der Waals surface area contributed by atoms with Gasteiger partial charge in [0.15, 0.2) is 0 Å². The Bertz CT molecular complexity index is 523. The van der Waals surface area contributed by atoms with Crippen LogP contribution in [0.1, 0.15) is 5.56 Å². The van der Waals surface area contributed by atoms with E-state index in [-0.39, 0.29) is 0 Å². The van der Waals surface area contributed by atoms with E-state index in [0.29, 0.717) is 16.6 Å². The van der Waals surface area contributed by atoms with Crippen molar-refractivity contribution in [2.24, 2.45) is 0 Å². The topological polar surface area (TPSA) is 21.3 Å². The molecule has 2 aromatic carbocycles. The van der Waals surface area contributed by atoms with Gasteiger partial charge in [0.05, 0.1) is 22.8 Å². The van der Waals surface area contributed by atoms with Crippen molar-refractivity contribution >= 4 is 28.9 Å². The quantitative estimate of drug-likeness (QED) is 0.883. The summed E-state index contributed by atoms with van der Waals surface area (Å²) in [5.41, 5.74) is 1.79. The number of nitrogens with one attached hydrogen (secondary N) is 1. The average Bonchev–Trinajstić information content (AvgIpc) is 2.38. The molecule has 0 bridgehead atoms. The standard InChI is InChI=1S/C14H13Cl2NO/c1-18-13-8-3-2-5-10(13)9-17-14-11(15)6-4-7-12(14)16/h2-8,17H,9H2,1H3. The number of benzene rings is 2. The second kappa shape index (κ2) is 5.98. The predicted octanol–water partition coefficient (Wildman–Crippen LogP) is 4.61. The Morgan fingerprint density at radius 3 is 2.33 bits per heavy atom. The largest absolute Gasteiger partial charge is 0.496 e. The molecule has 0 radical (unpaired) electrons. The molecule has 2 aromatic rings. The Balaban J connectivity index is 2.16. The zero-order valence-electron chi connectivity index (χ0n) is 9.91. The minimum Gasteiger partial charge on any atom is -0.496 e. The van der Waals surface area contributed by atoms with Crippen LogP contribution in [-0.4, -0.2) is 7.11 Å². The van der Waals surface area contributed by atoms with Gasteiger partial charge in [0.25, 0.3) is 0 Å². The molecule has 0 aromatic heterocycles. The lowest BCUT2D eigenvalue weighted by molar-refractivity contribution is 0.410. The van der Waals surface area contributed by atoms with Gasteiger partial charge in [-0.15, -0.1) is 0 Å². The van der Waals surface area contributed by atoms with Crippen molar-refractivity contribution in [1.82, 2.24) is 0 Å². The van der Waals surface area contributed by atoms with Gasteiger partial charge in [-0.2, -0.15) is 0 Å². The second-order valence-electron chi connectivity index (χ2n) is 3.76. The molecule has 0 saturated heterocycles. The maximum absolute atomic E-state index is 6.09. The normalized spacial score (nSPS) is 10.2. The Morgan fingerprint density at radius 2 is 1.67 bits per heavy atom. The summed E-state index contributed by atoms with van der Waals surface area (Å²) in [7, 11) is 1.65. The van der Waals surface area contributed by atoms with Crippen molar-refractivity contribution < 1.29 is 4.74 Å². The number of anilines is 1. The molecule has 0 amide bonds. The predicted molar refractivity (Wildman–Crippen MR) is 76.8 cm³/mol. The number of halogens is 2. The van der Waals surface area contributed by atoms with Crippen LogP contribution in [0.15, 0.2) is 42.5 Å². The molecule has 94 valence electrons. The minimum atomic E-state index is 0.605. The maximum atomic E-state index is 6.09. The van der Waals surface area contributed by atoms with Crippen molar-refractivity contribution in [2.45, 2.75) is 6.54 Å². The first-order valence-corrected chi connectivity index (χ1v) is 6.27. The molecule has 0 spiro atoms. The molecule has 2 rings (SSSR count). The second-order valence-corrected chi connectivity index (χ2v) is 4.58. The molecule has 0 fully saturated rings. The maximum Gasteiger partial charge on any atom is 0.123 e. The van der Waals surface area contributed by atoms with Crippen molar-refractivity contribution in [2.75, 3.05) is 12.4 Å². The number of hydrogen-bond acceptors (Lipinski definition) is 2. The van der Waals surface area contributed by atoms with Gasteiger partial charge in [-0.25, -0.2) is 0 Å². The molecule has 1 N–H and O–H groups in total. The minimum absolute atomic E-state index is 0.605. The third-order valence-corrected chi connectivity index (χ3v) is 3.24. The molecule has 0 unspecified atom stereocenters. The average molecular weight is 282 g/mol. The van der Waals surface area contributed by atoms with Gasteiger partial charge in [0, 0.05) is 12.1 Å². The zero-order chi connectivity index (χ0) is 13.0. The number of ether oxygens (including phenoxy) is 1. The summed E-state index contributed by atoms with van der Waals surface area (Å²) >= 11 is 12.2. The van der Waals surface area contributed by atoms with E-state index in [1.54, 1.807) is 19.2 Å². The Morgan fingerprint density at radius 1 is 1.00 bits per heavy atom. The smallest absolute Gasteiger partial charge is 0.123 e. The number of para-hydroxylation sites is 2. The van der Waals surface area contributed by atoms with Crippen LogP contribution in [0.4, 0.5) is 5.69 Å². The lowest BCUT2D eigenvalue weighted by atomic mass is 10.2. The van der Waals surface area contributed by atoms with Gasteiger partial charge in [-0.1, -0.05) is 47.5 Å². The summed E-state index contributed by atoms with van der Waals surface area (Å²) in [5, 5.41) is 4.45. The fourth-order valence-corrected chi connectivity index (χ4v) is 2.23. The van der Waals surface area contributed by atoms with Crippen molar-refractivity contribution in [1.29, 1.82) is 0 Å². The Labute approximate surface area is 116 Å². The van der Waals surface area contributed by atoms with Gasteiger partial charge in [0.1, 0.15) is 5.75 Å². The van der Waals surface area contributed by atoms with Crippen molar-refractivity contribution in [3.8, 4) is 5.75 Å². The van der Waals surface area contributed by atoms with Crippen molar-refractivity contribution in [3.63, 3.8) is 0 Å². The fourth-order valence-electron chi connectivity index (χ4n) is 1.70. The molecule has 0 aliphatic carbocycles. The van der Waals surface area contributed by atoms with E-state index in [9.17, 15) is 0 Å². The monoisotopic (exact) mass is 281 g/mol. The third kappa shape index (κ3) is 2.89. The molecule has 0 aliphatic rings. The van der Waals surface area contributed by atoms with Crippen LogP contribution in [0, 0.1) is 0 Å². The van der Waals surface area contributed by atoms with E-state index in [2.05, 4.69) is 5.32 Å². The van der Waals surface area contributed by atoms with E-state index in [4.69, 9.17) is 27.9 Å². The summed E-state index contributed by atoms with van der Waals surface area (Å²) in [4.78, 5) is 0. The number of methoxy groups -OCH3 is 1. The van der Waals surface area contributed by atoms with Gasteiger partial charge in [0.2, 0.25) is 0 Å². The first kappa shape index (κ1) is 13.1. The van der Waals surface area contributed by atoms with Crippen LogP contribution in [0.2, 0.25) is 10.0 Å². The SMILES string of the molecule is COc1ccccc1CNc1c(Cl)cccc1Cl. The molecule has 0 aliphatic heterocycles. The molecule has 4 heteroatoms. The van der Waals surface area contributed by atoms with E-state index in [0.717, 1.165) is 17.0 Å². The van der Waals surface area contributed by atoms with E-state index in [1.165, 1.54) is 0 Å². The first-order chi connectivity index (χ1) is 8.72. The molecule has 18 heavy (non-hydrogen) atoms. The lowest BCUT2D eigenvalue weighted by Gasteiger charge is -2.12. The lowest BCUT2D eigenvalue weighted by Crippen LogP contribution is -2.02. The summed E-state index contributed by atoms with van der Waals surface area (Å²) in [6.45, 7) is 0.605. The fraction of sp³-hybridized carbons (Fsp3) is 0.143. The number of rotatable bonds is 4. The van der Waals surface area contributed by atoms with Crippen molar-refractivity contribution in [3.05, 3.63) is 58.1 Å². The Hall–Kier alpha value is -1.38. The molecule has 0 atom stereocenters. The van der Waals surface area contributed by atoms with E-state index in [1.807, 2.05) is 30.3 Å². The van der Waals surface area contributed by atoms with Gasteiger partial charge < -0.3 is 10.1 Å². The molecular weight excluding hydrogens is 269 g/mol. The van der Waals surface area contributed by atoms with E-state index >= 15 is 0 Å². The van der Waals surface area contributed by atoms with Crippen LogP contribution in [0.3, 0.4) is 0 Å². The van der Waals surface area contributed by atoms with Crippen LogP contribution in [-0.2, 0) is 6.54 Å². The summed E-state index contributed by atoms with van der Waals surface area (Å²) < 4.78 is 5.29. The molecular formula is C14H13Cl2NO. The molecule has 0 heterocycles. The summed E-state index contributed by atoms with van der Waals surface area (Å²) in [6.07, 6.45) is 0. The van der Waals surface area contributed by atoms with E-state index < -0.39 is 0 Å². The third-order valence-electron chi connectivity index (χ3n) is 2.61. The van der Waals surface area contributed by atoms with Gasteiger partial charge in [-0.05, 0) is 18.2 Å². The van der Waals surface area contributed by atoms with Crippen LogP contribution in [0.25, 0.3) is 0 Å². The number of hydrogen-bond donors (Lipinski definition) is 1. The highest BCUT2D eigenvalue weighted by Gasteiger charge is 2.06. The highest BCUT2D eigenvalue weighted by molar-refractivity contribution is 6.39. The van der Waals surface area contributed by atoms with Gasteiger partial charge in [-0.3, -0.25) is 0 Å². The Kier molecular flexibility index (Phi) is 4.34. The highest BCUT2D eigenvalue weighted by Crippen LogP contribution is 2.30. The first-order valence-electron chi connectivity index (χ1n) is 5.52. The molecule has 2 nitrogen and oxygen atoms in total.